The second-order valence-electron chi connectivity index (χ2n) is 6.96. The second kappa shape index (κ2) is 9.84. The first kappa shape index (κ1) is 21.9. The van der Waals surface area contributed by atoms with Gasteiger partial charge in [0.1, 0.15) is 11.0 Å². The number of carbonyl (C=O) groups excluding carboxylic acids is 1. The number of aryl methyl sites for hydroxylation is 1. The average molecular weight is 466 g/mol. The van der Waals surface area contributed by atoms with Gasteiger partial charge in [-0.15, -0.1) is 5.10 Å². The number of hydrogen-bond acceptors (Lipinski definition) is 6. The van der Waals surface area contributed by atoms with E-state index in [1.54, 1.807) is 30.0 Å². The molecule has 1 unspecified atom stereocenters. The van der Waals surface area contributed by atoms with Crippen LogP contribution in [0.25, 0.3) is 5.69 Å². The van der Waals surface area contributed by atoms with E-state index in [1.807, 2.05) is 61.5 Å². The fourth-order valence-corrected chi connectivity index (χ4v) is 4.31. The van der Waals surface area contributed by atoms with Gasteiger partial charge in [-0.3, -0.25) is 4.79 Å². The van der Waals surface area contributed by atoms with E-state index in [0.29, 0.717) is 21.6 Å². The fourth-order valence-electron chi connectivity index (χ4n) is 3.06. The first-order valence-corrected chi connectivity index (χ1v) is 11.0. The van der Waals surface area contributed by atoms with Crippen molar-refractivity contribution < 1.29 is 9.53 Å². The van der Waals surface area contributed by atoms with Crippen molar-refractivity contribution in [1.82, 2.24) is 20.2 Å². The molecule has 0 aliphatic carbocycles. The van der Waals surface area contributed by atoms with E-state index in [2.05, 4.69) is 20.8 Å². The number of hydrogen-bond donors (Lipinski definition) is 1. The number of halogens is 1. The van der Waals surface area contributed by atoms with Crippen LogP contribution in [0, 0.1) is 6.92 Å². The highest BCUT2D eigenvalue weighted by Crippen LogP contribution is 2.36. The molecule has 3 aromatic carbocycles. The number of benzene rings is 3. The molecule has 0 spiro atoms. The lowest BCUT2D eigenvalue weighted by atomic mass is 10.1. The normalized spacial score (nSPS) is 11.7. The molecule has 0 aliphatic rings. The van der Waals surface area contributed by atoms with Gasteiger partial charge in [0.15, 0.2) is 0 Å². The quantitative estimate of drug-likeness (QED) is 0.382. The molecule has 0 saturated heterocycles. The number of nitrogens with zero attached hydrogens (tertiary/aromatic N) is 4. The lowest BCUT2D eigenvalue weighted by Gasteiger charge is -2.17. The third kappa shape index (κ3) is 4.92. The number of methoxy groups -OCH3 is 1. The maximum atomic E-state index is 13.3. The Balaban J connectivity index is 1.63. The molecule has 0 fully saturated rings. The summed E-state index contributed by atoms with van der Waals surface area (Å²) in [4.78, 5) is 13.3. The zero-order valence-corrected chi connectivity index (χ0v) is 19.0. The number of ether oxygens (including phenoxy) is 1. The molecule has 0 saturated carbocycles. The van der Waals surface area contributed by atoms with Crippen LogP contribution in [0.1, 0.15) is 16.4 Å². The van der Waals surface area contributed by atoms with Gasteiger partial charge in [0.05, 0.1) is 17.8 Å². The van der Waals surface area contributed by atoms with Gasteiger partial charge in [0, 0.05) is 5.69 Å². The molecule has 0 radical (unpaired) electrons. The Labute approximate surface area is 194 Å². The minimum Gasteiger partial charge on any atom is -0.495 e. The van der Waals surface area contributed by atoms with Crippen molar-refractivity contribution in [3.8, 4) is 11.4 Å². The summed E-state index contributed by atoms with van der Waals surface area (Å²) in [6.45, 7) is 2.01. The fraction of sp³-hybridized carbons (Fsp3) is 0.130. The van der Waals surface area contributed by atoms with Crippen molar-refractivity contribution in [1.29, 1.82) is 0 Å². The Morgan fingerprint density at radius 1 is 1.09 bits per heavy atom. The van der Waals surface area contributed by atoms with Gasteiger partial charge < -0.3 is 10.1 Å². The third-order valence-electron chi connectivity index (χ3n) is 4.70. The molecule has 0 aliphatic heterocycles. The molecule has 1 N–H and O–H groups in total. The van der Waals surface area contributed by atoms with Gasteiger partial charge in [0.25, 0.3) is 0 Å². The number of rotatable bonds is 7. The molecule has 1 amide bonds. The minimum absolute atomic E-state index is 0.221. The lowest BCUT2D eigenvalue weighted by molar-refractivity contribution is -0.115. The second-order valence-corrected chi connectivity index (χ2v) is 8.44. The maximum Gasteiger partial charge on any atom is 0.242 e. The van der Waals surface area contributed by atoms with Crippen molar-refractivity contribution >= 4 is 35.0 Å². The maximum absolute atomic E-state index is 13.3. The standard InChI is InChI=1S/C23H20ClN5O2S/c1-15-8-11-18(12-9-15)29-23(26-27-28-29)32-21(16-6-4-3-5-7-16)22(30)25-17-10-13-20(31-2)19(24)14-17/h3-14,21H,1-2H3,(H,25,30). The van der Waals surface area contributed by atoms with Crippen molar-refractivity contribution in [3.05, 3.63) is 88.9 Å². The van der Waals surface area contributed by atoms with E-state index in [1.165, 1.54) is 11.8 Å². The van der Waals surface area contributed by atoms with Crippen molar-refractivity contribution in [2.75, 3.05) is 12.4 Å². The summed E-state index contributed by atoms with van der Waals surface area (Å²) in [5, 5.41) is 15.3. The van der Waals surface area contributed by atoms with Crippen LogP contribution in [0.5, 0.6) is 5.75 Å². The van der Waals surface area contributed by atoms with Gasteiger partial charge in [-0.05, 0) is 53.2 Å². The van der Waals surface area contributed by atoms with Crippen LogP contribution in [0.3, 0.4) is 0 Å². The molecular formula is C23H20ClN5O2S. The molecule has 1 aromatic heterocycles. The summed E-state index contributed by atoms with van der Waals surface area (Å²) in [7, 11) is 1.54. The van der Waals surface area contributed by atoms with Crippen LogP contribution in [-0.4, -0.2) is 33.2 Å². The van der Waals surface area contributed by atoms with Crippen LogP contribution in [0.2, 0.25) is 5.02 Å². The Morgan fingerprint density at radius 2 is 1.84 bits per heavy atom. The third-order valence-corrected chi connectivity index (χ3v) is 6.19. The van der Waals surface area contributed by atoms with Gasteiger partial charge >= 0.3 is 0 Å². The smallest absolute Gasteiger partial charge is 0.242 e. The van der Waals surface area contributed by atoms with Crippen LogP contribution in [0.4, 0.5) is 5.69 Å². The molecule has 32 heavy (non-hydrogen) atoms. The highest BCUT2D eigenvalue weighted by molar-refractivity contribution is 8.00. The minimum atomic E-state index is -0.590. The molecular weight excluding hydrogens is 446 g/mol. The summed E-state index contributed by atoms with van der Waals surface area (Å²) in [6, 6.07) is 22.4. The summed E-state index contributed by atoms with van der Waals surface area (Å²) in [5.74, 6) is 0.316. The highest BCUT2D eigenvalue weighted by atomic mass is 35.5. The zero-order chi connectivity index (χ0) is 22.5. The molecule has 1 heterocycles. The Hall–Kier alpha value is -3.36. The predicted octanol–water partition coefficient (Wildman–Crippen LogP) is 5.10. The Kier molecular flexibility index (Phi) is 6.72. The first-order chi connectivity index (χ1) is 15.5. The summed E-state index contributed by atoms with van der Waals surface area (Å²) < 4.78 is 6.80. The number of thioether (sulfide) groups is 1. The summed E-state index contributed by atoms with van der Waals surface area (Å²) >= 11 is 7.48. The predicted molar refractivity (Wildman–Crippen MR) is 126 cm³/mol. The largest absolute Gasteiger partial charge is 0.495 e. The van der Waals surface area contributed by atoms with Gasteiger partial charge in [-0.25, -0.2) is 0 Å². The van der Waals surface area contributed by atoms with E-state index in [-0.39, 0.29) is 5.91 Å². The lowest BCUT2D eigenvalue weighted by Crippen LogP contribution is -2.19. The van der Waals surface area contributed by atoms with Crippen LogP contribution in [-0.2, 0) is 4.79 Å². The monoisotopic (exact) mass is 465 g/mol. The van der Waals surface area contributed by atoms with Gasteiger partial charge in [-0.2, -0.15) is 4.68 Å². The molecule has 4 rings (SSSR count). The summed E-state index contributed by atoms with van der Waals surface area (Å²) in [6.07, 6.45) is 0. The number of nitrogens with one attached hydrogen (secondary N) is 1. The Morgan fingerprint density at radius 3 is 2.53 bits per heavy atom. The number of tetrazole rings is 1. The van der Waals surface area contributed by atoms with Gasteiger partial charge in [0.2, 0.25) is 11.1 Å². The number of anilines is 1. The molecule has 162 valence electrons. The topological polar surface area (TPSA) is 81.9 Å². The van der Waals surface area contributed by atoms with Crippen LogP contribution < -0.4 is 10.1 Å². The zero-order valence-electron chi connectivity index (χ0n) is 17.4. The van der Waals surface area contributed by atoms with Crippen LogP contribution >= 0.6 is 23.4 Å². The van der Waals surface area contributed by atoms with E-state index >= 15 is 0 Å². The number of carbonyl (C=O) groups is 1. The molecule has 1 atom stereocenters. The number of aromatic nitrogens is 4. The van der Waals surface area contributed by atoms with E-state index in [4.69, 9.17) is 16.3 Å². The van der Waals surface area contributed by atoms with Gasteiger partial charge in [-0.1, -0.05) is 71.4 Å². The first-order valence-electron chi connectivity index (χ1n) is 9.76. The van der Waals surface area contributed by atoms with E-state index in [0.717, 1.165) is 16.8 Å². The Bertz CT molecular complexity index is 1210. The molecule has 7 nitrogen and oxygen atoms in total. The van der Waals surface area contributed by atoms with E-state index in [9.17, 15) is 4.79 Å². The van der Waals surface area contributed by atoms with Crippen molar-refractivity contribution in [3.63, 3.8) is 0 Å². The van der Waals surface area contributed by atoms with E-state index < -0.39 is 5.25 Å². The van der Waals surface area contributed by atoms with Crippen molar-refractivity contribution in [2.45, 2.75) is 17.3 Å². The van der Waals surface area contributed by atoms with Crippen LogP contribution in [0.15, 0.2) is 78.0 Å². The molecule has 0 bridgehead atoms. The molecule has 9 heteroatoms. The SMILES string of the molecule is COc1ccc(NC(=O)C(Sc2nnnn2-c2ccc(C)cc2)c2ccccc2)cc1Cl. The average Bonchev–Trinajstić information content (AvgIpc) is 3.27. The summed E-state index contributed by atoms with van der Waals surface area (Å²) in [5.41, 5.74) is 3.35. The highest BCUT2D eigenvalue weighted by Gasteiger charge is 2.25. The molecule has 4 aromatic rings. The number of amides is 1. The van der Waals surface area contributed by atoms with Crippen molar-refractivity contribution in [2.24, 2.45) is 0 Å².